The Bertz CT molecular complexity index is 638. The van der Waals surface area contributed by atoms with Gasteiger partial charge >= 0.3 is 0 Å². The van der Waals surface area contributed by atoms with Crippen molar-refractivity contribution in [2.75, 3.05) is 63.8 Å². The Hall–Kier alpha value is -2.15. The summed E-state index contributed by atoms with van der Waals surface area (Å²) in [6.07, 6.45) is 0.500. The van der Waals surface area contributed by atoms with E-state index in [1.165, 1.54) is 6.07 Å². The number of hydrogen-bond acceptors (Lipinski definition) is 4. The molecule has 0 aromatic heterocycles. The SMILES string of the molecule is CC(=O)N1CCN(CCC(=O)N2CCN(c3ccccc3F)CC2)CC1. The molecule has 0 atom stereocenters. The first-order valence-electron chi connectivity index (χ1n) is 9.30. The highest BCUT2D eigenvalue weighted by Crippen LogP contribution is 2.20. The number of anilines is 1. The topological polar surface area (TPSA) is 47.1 Å². The summed E-state index contributed by atoms with van der Waals surface area (Å²) in [6, 6.07) is 6.78. The van der Waals surface area contributed by atoms with Crippen LogP contribution in [0.1, 0.15) is 13.3 Å². The Balaban J connectivity index is 1.40. The van der Waals surface area contributed by atoms with Gasteiger partial charge in [0.05, 0.1) is 5.69 Å². The zero-order valence-electron chi connectivity index (χ0n) is 15.4. The lowest BCUT2D eigenvalue weighted by Gasteiger charge is -2.37. The zero-order valence-corrected chi connectivity index (χ0v) is 15.4. The van der Waals surface area contributed by atoms with Gasteiger partial charge in [-0.25, -0.2) is 4.39 Å². The molecular formula is C19H27FN4O2. The molecule has 0 N–H and O–H groups in total. The van der Waals surface area contributed by atoms with Gasteiger partial charge in [-0.3, -0.25) is 14.5 Å². The van der Waals surface area contributed by atoms with E-state index in [2.05, 4.69) is 4.90 Å². The summed E-state index contributed by atoms with van der Waals surface area (Å²) in [5, 5.41) is 0. The maximum atomic E-state index is 13.9. The highest BCUT2D eigenvalue weighted by atomic mass is 19.1. The van der Waals surface area contributed by atoms with Crippen LogP contribution in [-0.2, 0) is 9.59 Å². The number of benzene rings is 1. The molecule has 0 saturated carbocycles. The highest BCUT2D eigenvalue weighted by molar-refractivity contribution is 5.76. The molecule has 0 bridgehead atoms. The fourth-order valence-corrected chi connectivity index (χ4v) is 3.60. The number of hydrogen-bond donors (Lipinski definition) is 0. The lowest BCUT2D eigenvalue weighted by molar-refractivity contribution is -0.133. The summed E-state index contributed by atoms with van der Waals surface area (Å²) >= 11 is 0. The van der Waals surface area contributed by atoms with Gasteiger partial charge in [-0.1, -0.05) is 12.1 Å². The molecule has 2 aliphatic rings. The molecule has 7 heteroatoms. The molecule has 2 saturated heterocycles. The minimum atomic E-state index is -0.211. The van der Waals surface area contributed by atoms with Crippen molar-refractivity contribution >= 4 is 17.5 Å². The number of piperazine rings is 2. The van der Waals surface area contributed by atoms with E-state index in [9.17, 15) is 14.0 Å². The van der Waals surface area contributed by atoms with Gasteiger partial charge in [0.2, 0.25) is 11.8 Å². The third-order valence-corrected chi connectivity index (χ3v) is 5.29. The van der Waals surface area contributed by atoms with Crippen LogP contribution in [0.5, 0.6) is 0 Å². The summed E-state index contributed by atoms with van der Waals surface area (Å²) in [4.78, 5) is 31.8. The van der Waals surface area contributed by atoms with Crippen LogP contribution < -0.4 is 4.90 Å². The summed E-state index contributed by atoms with van der Waals surface area (Å²) in [6.45, 7) is 8.04. The molecule has 0 spiro atoms. The van der Waals surface area contributed by atoms with Gasteiger partial charge in [0.15, 0.2) is 0 Å². The normalized spacial score (nSPS) is 18.9. The molecule has 0 radical (unpaired) electrons. The predicted molar refractivity (Wildman–Crippen MR) is 98.5 cm³/mol. The summed E-state index contributed by atoms with van der Waals surface area (Å²) in [7, 11) is 0. The third-order valence-electron chi connectivity index (χ3n) is 5.29. The smallest absolute Gasteiger partial charge is 0.223 e. The van der Waals surface area contributed by atoms with Crippen LogP contribution in [0.3, 0.4) is 0 Å². The Morgan fingerprint density at radius 1 is 0.923 bits per heavy atom. The van der Waals surface area contributed by atoms with Crippen molar-refractivity contribution in [3.8, 4) is 0 Å². The van der Waals surface area contributed by atoms with Crippen LogP contribution in [0.4, 0.5) is 10.1 Å². The second-order valence-electron chi connectivity index (χ2n) is 6.92. The second kappa shape index (κ2) is 8.49. The van der Waals surface area contributed by atoms with Gasteiger partial charge in [-0.05, 0) is 12.1 Å². The lowest BCUT2D eigenvalue weighted by Crippen LogP contribution is -2.51. The molecule has 2 aliphatic heterocycles. The largest absolute Gasteiger partial charge is 0.366 e. The molecule has 0 unspecified atom stereocenters. The Morgan fingerprint density at radius 3 is 2.15 bits per heavy atom. The van der Waals surface area contributed by atoms with Crippen molar-refractivity contribution in [1.29, 1.82) is 0 Å². The van der Waals surface area contributed by atoms with Gasteiger partial charge in [0, 0.05) is 72.2 Å². The maximum Gasteiger partial charge on any atom is 0.223 e. The summed E-state index contributed by atoms with van der Waals surface area (Å²) < 4.78 is 13.9. The van der Waals surface area contributed by atoms with Gasteiger partial charge in [0.25, 0.3) is 0 Å². The summed E-state index contributed by atoms with van der Waals surface area (Å²) in [5.74, 6) is 0.0672. The predicted octanol–water partition coefficient (Wildman–Crippen LogP) is 1.03. The molecule has 2 amide bonds. The van der Waals surface area contributed by atoms with Gasteiger partial charge in [-0.15, -0.1) is 0 Å². The van der Waals surface area contributed by atoms with E-state index in [0.29, 0.717) is 38.3 Å². The van der Waals surface area contributed by atoms with Crippen LogP contribution in [0.15, 0.2) is 24.3 Å². The van der Waals surface area contributed by atoms with Gasteiger partial charge in [0.1, 0.15) is 5.82 Å². The molecule has 3 rings (SSSR count). The van der Waals surface area contributed by atoms with Crippen molar-refractivity contribution < 1.29 is 14.0 Å². The van der Waals surface area contributed by atoms with Crippen LogP contribution >= 0.6 is 0 Å². The lowest BCUT2D eigenvalue weighted by atomic mass is 10.2. The number of nitrogens with zero attached hydrogens (tertiary/aromatic N) is 4. The van der Waals surface area contributed by atoms with E-state index in [-0.39, 0.29) is 17.6 Å². The number of carbonyl (C=O) groups excluding carboxylic acids is 2. The molecule has 6 nitrogen and oxygen atoms in total. The van der Waals surface area contributed by atoms with Crippen molar-refractivity contribution in [1.82, 2.24) is 14.7 Å². The first-order valence-corrected chi connectivity index (χ1v) is 9.30. The number of rotatable bonds is 4. The van der Waals surface area contributed by atoms with E-state index in [0.717, 1.165) is 32.7 Å². The van der Waals surface area contributed by atoms with E-state index in [4.69, 9.17) is 0 Å². The van der Waals surface area contributed by atoms with Crippen LogP contribution in [0.25, 0.3) is 0 Å². The average Bonchev–Trinajstić information content (AvgIpc) is 2.67. The standard InChI is InChI=1S/C19H27FN4O2/c1-16(25)22-10-8-21(9-11-22)7-6-19(26)24-14-12-23(13-15-24)18-5-3-2-4-17(18)20/h2-5H,6-15H2,1H3. The molecule has 1 aromatic rings. The Morgan fingerprint density at radius 2 is 1.54 bits per heavy atom. The monoisotopic (exact) mass is 362 g/mol. The molecular weight excluding hydrogens is 335 g/mol. The number of halogens is 1. The first kappa shape index (κ1) is 18.6. The molecule has 142 valence electrons. The van der Waals surface area contributed by atoms with Crippen LogP contribution in [-0.4, -0.2) is 85.4 Å². The molecule has 0 aliphatic carbocycles. The van der Waals surface area contributed by atoms with E-state index in [1.807, 2.05) is 20.8 Å². The first-order chi connectivity index (χ1) is 12.5. The van der Waals surface area contributed by atoms with Crippen molar-refractivity contribution in [3.63, 3.8) is 0 Å². The fraction of sp³-hybridized carbons (Fsp3) is 0.579. The quantitative estimate of drug-likeness (QED) is 0.803. The van der Waals surface area contributed by atoms with E-state index < -0.39 is 0 Å². The zero-order chi connectivity index (χ0) is 18.5. The van der Waals surface area contributed by atoms with Crippen molar-refractivity contribution in [3.05, 3.63) is 30.1 Å². The maximum absolute atomic E-state index is 13.9. The van der Waals surface area contributed by atoms with Gasteiger partial charge < -0.3 is 14.7 Å². The number of amides is 2. The van der Waals surface area contributed by atoms with Crippen molar-refractivity contribution in [2.45, 2.75) is 13.3 Å². The van der Waals surface area contributed by atoms with E-state index >= 15 is 0 Å². The number of carbonyl (C=O) groups is 2. The van der Waals surface area contributed by atoms with Crippen molar-refractivity contribution in [2.24, 2.45) is 0 Å². The van der Waals surface area contributed by atoms with Crippen LogP contribution in [0, 0.1) is 5.82 Å². The molecule has 2 heterocycles. The molecule has 26 heavy (non-hydrogen) atoms. The van der Waals surface area contributed by atoms with Crippen LogP contribution in [0.2, 0.25) is 0 Å². The third kappa shape index (κ3) is 4.52. The highest BCUT2D eigenvalue weighted by Gasteiger charge is 2.24. The minimum Gasteiger partial charge on any atom is -0.366 e. The average molecular weight is 362 g/mol. The number of para-hydroxylation sites is 1. The fourth-order valence-electron chi connectivity index (χ4n) is 3.60. The molecule has 2 fully saturated rings. The Labute approximate surface area is 154 Å². The minimum absolute atomic E-state index is 0.119. The Kier molecular flexibility index (Phi) is 6.08. The molecule has 1 aromatic carbocycles. The van der Waals surface area contributed by atoms with Gasteiger partial charge in [-0.2, -0.15) is 0 Å². The van der Waals surface area contributed by atoms with E-state index in [1.54, 1.807) is 19.1 Å². The summed E-state index contributed by atoms with van der Waals surface area (Å²) in [5.41, 5.74) is 0.614. The second-order valence-corrected chi connectivity index (χ2v) is 6.92.